The first-order valence-corrected chi connectivity index (χ1v) is 8.44. The van der Waals surface area contributed by atoms with Crippen molar-refractivity contribution in [3.8, 4) is 0 Å². The number of rotatable bonds is 3. The van der Waals surface area contributed by atoms with Crippen LogP contribution in [0.25, 0.3) is 10.1 Å². The topological polar surface area (TPSA) is 12.0 Å². The van der Waals surface area contributed by atoms with Crippen LogP contribution in [0.3, 0.4) is 0 Å². The van der Waals surface area contributed by atoms with E-state index in [0.717, 1.165) is 15.6 Å². The van der Waals surface area contributed by atoms with Crippen LogP contribution in [-0.4, -0.2) is 7.05 Å². The average Bonchev–Trinajstić information content (AvgIpc) is 2.89. The first-order valence-electron chi connectivity index (χ1n) is 6.39. The van der Waals surface area contributed by atoms with Crippen molar-refractivity contribution in [1.29, 1.82) is 0 Å². The van der Waals surface area contributed by atoms with Crippen molar-refractivity contribution in [2.45, 2.75) is 6.04 Å². The Morgan fingerprint density at radius 1 is 1.29 bits per heavy atom. The molecule has 108 valence electrons. The fourth-order valence-corrected chi connectivity index (χ4v) is 4.22. The molecule has 21 heavy (non-hydrogen) atoms. The summed E-state index contributed by atoms with van der Waals surface area (Å²) in [5.74, 6) is -0.393. The molecule has 1 aromatic heterocycles. The SMILES string of the molecule is CNC(c1ccc(Cl)c(F)c1)c1csc2c(Br)cccc12. The smallest absolute Gasteiger partial charge is 0.142 e. The Morgan fingerprint density at radius 3 is 2.81 bits per heavy atom. The lowest BCUT2D eigenvalue weighted by Gasteiger charge is -2.17. The van der Waals surface area contributed by atoms with E-state index in [4.69, 9.17) is 11.6 Å². The molecule has 0 fully saturated rings. The monoisotopic (exact) mass is 383 g/mol. The molecule has 3 aromatic rings. The van der Waals surface area contributed by atoms with Gasteiger partial charge in [-0.2, -0.15) is 0 Å². The fourth-order valence-electron chi connectivity index (χ4n) is 2.46. The molecule has 0 saturated carbocycles. The maximum Gasteiger partial charge on any atom is 0.142 e. The Balaban J connectivity index is 2.14. The highest BCUT2D eigenvalue weighted by atomic mass is 79.9. The predicted octanol–water partition coefficient (Wildman–Crippen LogP) is 5.77. The Kier molecular flexibility index (Phi) is 4.31. The molecule has 1 atom stereocenters. The molecule has 0 aliphatic heterocycles. The molecular formula is C16H12BrClFNS. The molecule has 0 saturated heterocycles. The number of thiophene rings is 1. The van der Waals surface area contributed by atoms with Crippen LogP contribution in [0.5, 0.6) is 0 Å². The summed E-state index contributed by atoms with van der Waals surface area (Å²) in [7, 11) is 1.87. The van der Waals surface area contributed by atoms with Crippen molar-refractivity contribution in [2.24, 2.45) is 0 Å². The van der Waals surface area contributed by atoms with Crippen molar-refractivity contribution < 1.29 is 4.39 Å². The van der Waals surface area contributed by atoms with Crippen LogP contribution in [0.2, 0.25) is 5.02 Å². The van der Waals surface area contributed by atoms with Crippen LogP contribution in [-0.2, 0) is 0 Å². The standard InChI is InChI=1S/C16H12BrClFNS/c1-20-15(9-5-6-13(18)14(19)7-9)11-8-21-16-10(11)3-2-4-12(16)17/h2-8,15,20H,1H3. The van der Waals surface area contributed by atoms with E-state index >= 15 is 0 Å². The van der Waals surface area contributed by atoms with Gasteiger partial charge in [-0.05, 0) is 63.1 Å². The lowest BCUT2D eigenvalue weighted by Crippen LogP contribution is -2.17. The van der Waals surface area contributed by atoms with Gasteiger partial charge in [-0.3, -0.25) is 0 Å². The van der Waals surface area contributed by atoms with Gasteiger partial charge >= 0.3 is 0 Å². The molecule has 0 bridgehead atoms. The van der Waals surface area contributed by atoms with Gasteiger partial charge in [0.2, 0.25) is 0 Å². The second kappa shape index (κ2) is 6.05. The lowest BCUT2D eigenvalue weighted by molar-refractivity contribution is 0.618. The average molecular weight is 385 g/mol. The summed E-state index contributed by atoms with van der Waals surface area (Å²) in [6, 6.07) is 11.0. The van der Waals surface area contributed by atoms with Crippen LogP contribution < -0.4 is 5.32 Å². The summed E-state index contributed by atoms with van der Waals surface area (Å²) in [6.07, 6.45) is 0. The van der Waals surface area contributed by atoms with Gasteiger partial charge in [-0.25, -0.2) is 4.39 Å². The summed E-state index contributed by atoms with van der Waals surface area (Å²) < 4.78 is 16.0. The first-order chi connectivity index (χ1) is 10.1. The number of nitrogens with one attached hydrogen (secondary N) is 1. The van der Waals surface area contributed by atoms with Crippen molar-refractivity contribution in [3.05, 3.63) is 68.2 Å². The zero-order valence-corrected chi connectivity index (χ0v) is 14.3. The third-order valence-corrected chi connectivity index (χ3v) is 5.74. The minimum Gasteiger partial charge on any atom is -0.309 e. The van der Waals surface area contributed by atoms with Gasteiger partial charge in [-0.1, -0.05) is 29.8 Å². The lowest BCUT2D eigenvalue weighted by atomic mass is 9.98. The Morgan fingerprint density at radius 2 is 2.10 bits per heavy atom. The largest absolute Gasteiger partial charge is 0.309 e. The number of benzene rings is 2. The van der Waals surface area contributed by atoms with Crippen molar-refractivity contribution in [2.75, 3.05) is 7.05 Å². The van der Waals surface area contributed by atoms with E-state index < -0.39 is 5.82 Å². The fraction of sp³-hybridized carbons (Fsp3) is 0.125. The molecule has 1 unspecified atom stereocenters. The van der Waals surface area contributed by atoms with E-state index in [1.165, 1.54) is 16.2 Å². The molecule has 0 amide bonds. The second-order valence-corrected chi connectivity index (χ2v) is 6.84. The Labute approximate surface area is 139 Å². The van der Waals surface area contributed by atoms with Gasteiger partial charge in [0.1, 0.15) is 5.82 Å². The minimum atomic E-state index is -0.393. The first kappa shape index (κ1) is 15.0. The maximum atomic E-state index is 13.7. The molecule has 1 heterocycles. The van der Waals surface area contributed by atoms with Gasteiger partial charge in [0, 0.05) is 9.17 Å². The normalized spacial score (nSPS) is 12.8. The summed E-state index contributed by atoms with van der Waals surface area (Å²) in [4.78, 5) is 0. The van der Waals surface area contributed by atoms with Crippen LogP contribution >= 0.6 is 38.9 Å². The number of halogens is 3. The van der Waals surface area contributed by atoms with E-state index in [9.17, 15) is 4.39 Å². The highest BCUT2D eigenvalue weighted by molar-refractivity contribution is 9.10. The molecule has 1 N–H and O–H groups in total. The second-order valence-electron chi connectivity index (χ2n) is 4.70. The highest BCUT2D eigenvalue weighted by Gasteiger charge is 2.18. The van der Waals surface area contributed by atoms with Crippen molar-refractivity contribution >= 4 is 49.0 Å². The van der Waals surface area contributed by atoms with Gasteiger partial charge in [-0.15, -0.1) is 11.3 Å². The quantitative estimate of drug-likeness (QED) is 0.605. The summed E-state index contributed by atoms with van der Waals surface area (Å²) in [5.41, 5.74) is 2.00. The Hall–Kier alpha value is -0.940. The third kappa shape index (κ3) is 2.73. The van der Waals surface area contributed by atoms with E-state index in [2.05, 4.69) is 32.7 Å². The molecule has 0 radical (unpaired) electrons. The zero-order valence-electron chi connectivity index (χ0n) is 11.2. The number of hydrogen-bond acceptors (Lipinski definition) is 2. The van der Waals surface area contributed by atoms with E-state index in [0.29, 0.717) is 0 Å². The summed E-state index contributed by atoms with van der Waals surface area (Å²) in [6.45, 7) is 0. The minimum absolute atomic E-state index is 0.0696. The van der Waals surface area contributed by atoms with E-state index in [1.807, 2.05) is 25.2 Å². The molecule has 0 aliphatic rings. The summed E-state index contributed by atoms with van der Waals surface area (Å²) in [5, 5.41) is 6.69. The van der Waals surface area contributed by atoms with Crippen molar-refractivity contribution in [1.82, 2.24) is 5.32 Å². The van der Waals surface area contributed by atoms with Gasteiger partial charge in [0.15, 0.2) is 0 Å². The molecular weight excluding hydrogens is 373 g/mol. The molecule has 1 nitrogen and oxygen atoms in total. The molecule has 2 aromatic carbocycles. The van der Waals surface area contributed by atoms with E-state index in [1.54, 1.807) is 17.4 Å². The molecule has 3 rings (SSSR count). The third-order valence-electron chi connectivity index (χ3n) is 3.46. The Bertz CT molecular complexity index is 802. The molecule has 0 spiro atoms. The van der Waals surface area contributed by atoms with E-state index in [-0.39, 0.29) is 11.1 Å². The van der Waals surface area contributed by atoms with Gasteiger partial charge < -0.3 is 5.32 Å². The molecule has 0 aliphatic carbocycles. The van der Waals surface area contributed by atoms with Crippen LogP contribution in [0.15, 0.2) is 46.3 Å². The van der Waals surface area contributed by atoms with Gasteiger partial charge in [0.05, 0.1) is 11.1 Å². The number of hydrogen-bond donors (Lipinski definition) is 1. The van der Waals surface area contributed by atoms with Gasteiger partial charge in [0.25, 0.3) is 0 Å². The van der Waals surface area contributed by atoms with Crippen LogP contribution in [0, 0.1) is 5.82 Å². The van der Waals surface area contributed by atoms with Crippen molar-refractivity contribution in [3.63, 3.8) is 0 Å². The highest BCUT2D eigenvalue weighted by Crippen LogP contribution is 2.37. The summed E-state index contributed by atoms with van der Waals surface area (Å²) >= 11 is 11.0. The van der Waals surface area contributed by atoms with Crippen LogP contribution in [0.1, 0.15) is 17.2 Å². The van der Waals surface area contributed by atoms with Crippen LogP contribution in [0.4, 0.5) is 4.39 Å². The predicted molar refractivity (Wildman–Crippen MR) is 91.8 cm³/mol. The number of fused-ring (bicyclic) bond motifs is 1. The zero-order chi connectivity index (χ0) is 15.0. The maximum absolute atomic E-state index is 13.7. The molecule has 5 heteroatoms.